The third-order valence-electron chi connectivity index (χ3n) is 2.51. The highest BCUT2D eigenvalue weighted by molar-refractivity contribution is 6.30. The monoisotopic (exact) mass is 257 g/mol. The van der Waals surface area contributed by atoms with E-state index in [4.69, 9.17) is 17.3 Å². The Morgan fingerprint density at radius 2 is 2.24 bits per heavy atom. The summed E-state index contributed by atoms with van der Waals surface area (Å²) < 4.78 is 13.3. The maximum atomic E-state index is 13.3. The molecule has 1 atom stereocenters. The van der Waals surface area contributed by atoms with Crippen LogP contribution in [0.25, 0.3) is 0 Å². The van der Waals surface area contributed by atoms with Crippen molar-refractivity contribution in [3.8, 4) is 0 Å². The van der Waals surface area contributed by atoms with Crippen molar-refractivity contribution < 1.29 is 9.18 Å². The van der Waals surface area contributed by atoms with Gasteiger partial charge in [0.15, 0.2) is 0 Å². The number of carbonyl (C=O) groups excluding carboxylic acids is 1. The van der Waals surface area contributed by atoms with Gasteiger partial charge in [-0.1, -0.05) is 11.6 Å². The van der Waals surface area contributed by atoms with Gasteiger partial charge in [-0.25, -0.2) is 4.39 Å². The lowest BCUT2D eigenvalue weighted by Crippen LogP contribution is -2.15. The highest BCUT2D eigenvalue weighted by atomic mass is 35.5. The summed E-state index contributed by atoms with van der Waals surface area (Å²) in [7, 11) is 0. The Labute approximate surface area is 106 Å². The summed E-state index contributed by atoms with van der Waals surface area (Å²) in [5.74, 6) is -0.359. The zero-order valence-corrected chi connectivity index (χ0v) is 10.6. The molecule has 1 aromatic rings. The topological polar surface area (TPSA) is 43.1 Å². The van der Waals surface area contributed by atoms with E-state index in [0.717, 1.165) is 12.8 Å². The van der Waals surface area contributed by atoms with Crippen LogP contribution in [0, 0.1) is 5.82 Å². The molecule has 2 N–H and O–H groups in total. The van der Waals surface area contributed by atoms with Crippen molar-refractivity contribution in [3.63, 3.8) is 0 Å². The van der Waals surface area contributed by atoms with Crippen LogP contribution in [0.4, 0.5) is 4.39 Å². The third-order valence-corrected chi connectivity index (χ3v) is 2.75. The first-order valence-electron chi connectivity index (χ1n) is 5.70. The van der Waals surface area contributed by atoms with Crippen LogP contribution >= 0.6 is 11.6 Å². The number of Topliss-reactive ketones (excluding diaryl/α,β-unsaturated/α-hetero) is 1. The lowest BCUT2D eigenvalue weighted by atomic mass is 10.0. The maximum absolute atomic E-state index is 13.3. The van der Waals surface area contributed by atoms with E-state index in [9.17, 15) is 9.18 Å². The van der Waals surface area contributed by atoms with Crippen LogP contribution in [0.5, 0.6) is 0 Å². The van der Waals surface area contributed by atoms with Gasteiger partial charge < -0.3 is 5.73 Å². The zero-order chi connectivity index (χ0) is 12.8. The van der Waals surface area contributed by atoms with Gasteiger partial charge in [0.1, 0.15) is 11.6 Å². The van der Waals surface area contributed by atoms with Gasteiger partial charge in [-0.15, -0.1) is 0 Å². The lowest BCUT2D eigenvalue weighted by Gasteiger charge is -2.05. The highest BCUT2D eigenvalue weighted by Crippen LogP contribution is 2.16. The average molecular weight is 258 g/mol. The first kappa shape index (κ1) is 14.1. The number of rotatable bonds is 6. The van der Waals surface area contributed by atoms with Crippen LogP contribution in [-0.2, 0) is 11.2 Å². The molecule has 94 valence electrons. The highest BCUT2D eigenvalue weighted by Gasteiger charge is 2.09. The molecular weight excluding hydrogens is 241 g/mol. The van der Waals surface area contributed by atoms with Crippen molar-refractivity contribution in [1.82, 2.24) is 0 Å². The van der Waals surface area contributed by atoms with Gasteiger partial charge >= 0.3 is 0 Å². The van der Waals surface area contributed by atoms with Gasteiger partial charge in [0.05, 0.1) is 0 Å². The van der Waals surface area contributed by atoms with Gasteiger partial charge in [0.2, 0.25) is 0 Å². The number of benzene rings is 1. The lowest BCUT2D eigenvalue weighted by molar-refractivity contribution is -0.118. The van der Waals surface area contributed by atoms with E-state index in [1.807, 2.05) is 6.92 Å². The number of carbonyl (C=O) groups is 1. The molecule has 0 aromatic heterocycles. The zero-order valence-electron chi connectivity index (χ0n) is 9.88. The summed E-state index contributed by atoms with van der Waals surface area (Å²) in [4.78, 5) is 11.6. The predicted octanol–water partition coefficient (Wildman–Crippen LogP) is 3.11. The summed E-state index contributed by atoms with van der Waals surface area (Å²) in [5.41, 5.74) is 5.95. The fourth-order valence-corrected chi connectivity index (χ4v) is 1.80. The minimum absolute atomic E-state index is 0.0202. The standard InChI is InChI=1S/C13H17ClFNO/c1-9(16)3-2-4-12(17)8-10-7-11(14)5-6-13(10)15/h5-7,9H,2-4,8,16H2,1H3. The first-order valence-corrected chi connectivity index (χ1v) is 6.08. The molecule has 1 aromatic carbocycles. The minimum atomic E-state index is -0.380. The summed E-state index contributed by atoms with van der Waals surface area (Å²) in [6, 6.07) is 4.36. The smallest absolute Gasteiger partial charge is 0.137 e. The largest absolute Gasteiger partial charge is 0.328 e. The molecule has 0 aliphatic carbocycles. The van der Waals surface area contributed by atoms with Crippen molar-refractivity contribution in [2.75, 3.05) is 0 Å². The fraction of sp³-hybridized carbons (Fsp3) is 0.462. The first-order chi connectivity index (χ1) is 7.99. The van der Waals surface area contributed by atoms with Crippen LogP contribution < -0.4 is 5.73 Å². The Morgan fingerprint density at radius 3 is 2.88 bits per heavy atom. The summed E-state index contributed by atoms with van der Waals surface area (Å²) in [6.45, 7) is 1.90. The van der Waals surface area contributed by atoms with E-state index < -0.39 is 0 Å². The van der Waals surface area contributed by atoms with Crippen molar-refractivity contribution in [2.45, 2.75) is 38.6 Å². The fourth-order valence-electron chi connectivity index (χ4n) is 1.60. The van der Waals surface area contributed by atoms with Crippen LogP contribution in [-0.4, -0.2) is 11.8 Å². The minimum Gasteiger partial charge on any atom is -0.328 e. The number of halogens is 2. The molecule has 1 rings (SSSR count). The SMILES string of the molecule is CC(N)CCCC(=O)Cc1cc(Cl)ccc1F. The normalized spacial score (nSPS) is 12.5. The number of nitrogens with two attached hydrogens (primary N) is 1. The molecule has 0 amide bonds. The number of ketones is 1. The average Bonchev–Trinajstić information content (AvgIpc) is 2.23. The Hall–Kier alpha value is -0.930. The summed E-state index contributed by atoms with van der Waals surface area (Å²) in [5, 5.41) is 0.449. The second kappa shape index (κ2) is 6.72. The molecule has 0 aliphatic heterocycles. The molecule has 0 fully saturated rings. The van der Waals surface area contributed by atoms with Crippen LogP contribution in [0.1, 0.15) is 31.7 Å². The summed E-state index contributed by atoms with van der Waals surface area (Å²) in [6.07, 6.45) is 2.10. The van der Waals surface area contributed by atoms with Crippen LogP contribution in [0.2, 0.25) is 5.02 Å². The Bertz CT molecular complexity index is 393. The number of hydrogen-bond donors (Lipinski definition) is 1. The second-order valence-electron chi connectivity index (χ2n) is 4.32. The van der Waals surface area contributed by atoms with E-state index in [-0.39, 0.29) is 24.1 Å². The van der Waals surface area contributed by atoms with Gasteiger partial charge in [-0.3, -0.25) is 4.79 Å². The maximum Gasteiger partial charge on any atom is 0.137 e. The quantitative estimate of drug-likeness (QED) is 0.851. The van der Waals surface area contributed by atoms with Crippen molar-refractivity contribution in [2.24, 2.45) is 5.73 Å². The Morgan fingerprint density at radius 1 is 1.53 bits per heavy atom. The molecule has 0 radical (unpaired) electrons. The van der Waals surface area contributed by atoms with Gasteiger partial charge in [0, 0.05) is 23.9 Å². The molecule has 0 spiro atoms. The molecule has 1 unspecified atom stereocenters. The molecule has 0 aliphatic rings. The molecular formula is C13H17ClFNO. The number of hydrogen-bond acceptors (Lipinski definition) is 2. The predicted molar refractivity (Wildman–Crippen MR) is 67.6 cm³/mol. The molecule has 2 nitrogen and oxygen atoms in total. The molecule has 4 heteroatoms. The van der Waals surface area contributed by atoms with E-state index in [1.54, 1.807) is 0 Å². The Kier molecular flexibility index (Phi) is 5.59. The summed E-state index contributed by atoms with van der Waals surface area (Å²) >= 11 is 5.75. The molecule has 0 saturated carbocycles. The van der Waals surface area contributed by atoms with E-state index >= 15 is 0 Å². The van der Waals surface area contributed by atoms with Crippen molar-refractivity contribution in [3.05, 3.63) is 34.6 Å². The van der Waals surface area contributed by atoms with E-state index in [1.165, 1.54) is 18.2 Å². The van der Waals surface area contributed by atoms with E-state index in [2.05, 4.69) is 0 Å². The molecule has 0 saturated heterocycles. The third kappa shape index (κ3) is 5.29. The van der Waals surface area contributed by atoms with Crippen molar-refractivity contribution in [1.29, 1.82) is 0 Å². The molecule has 0 bridgehead atoms. The van der Waals surface area contributed by atoms with Gasteiger partial charge in [-0.05, 0) is 43.5 Å². The van der Waals surface area contributed by atoms with Gasteiger partial charge in [0.25, 0.3) is 0 Å². The van der Waals surface area contributed by atoms with Crippen LogP contribution in [0.15, 0.2) is 18.2 Å². The molecule has 17 heavy (non-hydrogen) atoms. The van der Waals surface area contributed by atoms with E-state index in [0.29, 0.717) is 17.0 Å². The van der Waals surface area contributed by atoms with Gasteiger partial charge in [-0.2, -0.15) is 0 Å². The second-order valence-corrected chi connectivity index (χ2v) is 4.76. The molecule has 0 heterocycles. The van der Waals surface area contributed by atoms with Crippen molar-refractivity contribution >= 4 is 17.4 Å². The van der Waals surface area contributed by atoms with Crippen LogP contribution in [0.3, 0.4) is 0 Å². The Balaban J connectivity index is 2.47.